The second kappa shape index (κ2) is 11.6. The number of thioether (sulfide) groups is 1. The average molecular weight is 582 g/mol. The summed E-state index contributed by atoms with van der Waals surface area (Å²) in [6.45, 7) is 6.66. The number of nitrogens with zero attached hydrogens (tertiary/aromatic N) is 3. The third-order valence-corrected chi connectivity index (χ3v) is 11.0. The zero-order valence-corrected chi connectivity index (χ0v) is 24.3. The van der Waals surface area contributed by atoms with Gasteiger partial charge in [-0.25, -0.2) is 0 Å². The molecule has 0 radical (unpaired) electrons. The first kappa shape index (κ1) is 28.5. The van der Waals surface area contributed by atoms with Gasteiger partial charge in [0.2, 0.25) is 11.8 Å². The van der Waals surface area contributed by atoms with Crippen LogP contribution in [0.15, 0.2) is 54.6 Å². The molecule has 0 aliphatic carbocycles. The van der Waals surface area contributed by atoms with Crippen LogP contribution in [-0.4, -0.2) is 118 Å². The third-order valence-electron chi connectivity index (χ3n) is 9.25. The van der Waals surface area contributed by atoms with E-state index >= 15 is 0 Å². The number of aliphatic hydroxyl groups is 1. The summed E-state index contributed by atoms with van der Waals surface area (Å²) in [4.78, 5) is 48.5. The summed E-state index contributed by atoms with van der Waals surface area (Å²) < 4.78 is 9.46. The number of morpholine rings is 1. The minimum Gasteiger partial charge on any atom is -0.465 e. The first-order valence-electron chi connectivity index (χ1n) is 14.7. The van der Waals surface area contributed by atoms with Gasteiger partial charge in [-0.3, -0.25) is 19.3 Å². The van der Waals surface area contributed by atoms with Gasteiger partial charge in [-0.15, -0.1) is 11.8 Å². The first-order chi connectivity index (χ1) is 19.9. The van der Waals surface area contributed by atoms with E-state index in [-0.39, 0.29) is 25.0 Å². The highest BCUT2D eigenvalue weighted by atomic mass is 32.2. The quantitative estimate of drug-likeness (QED) is 0.382. The zero-order valence-electron chi connectivity index (χ0n) is 23.5. The van der Waals surface area contributed by atoms with E-state index in [0.29, 0.717) is 39.1 Å². The smallest absolute Gasteiger partial charge is 0.311 e. The van der Waals surface area contributed by atoms with Crippen molar-refractivity contribution >= 4 is 29.5 Å². The van der Waals surface area contributed by atoms with Gasteiger partial charge in [-0.2, -0.15) is 0 Å². The molecule has 10 heteroatoms. The van der Waals surface area contributed by atoms with Crippen LogP contribution in [-0.2, 0) is 30.3 Å². The van der Waals surface area contributed by atoms with E-state index in [1.165, 1.54) is 11.8 Å². The molecular formula is C31H39N3O6S. The fourth-order valence-electron chi connectivity index (χ4n) is 7.29. The molecule has 0 saturated carbocycles. The number of aliphatic hydroxyl groups excluding tert-OH is 1. The predicted octanol–water partition coefficient (Wildman–Crippen LogP) is 1.51. The molecule has 5 heterocycles. The van der Waals surface area contributed by atoms with Crippen molar-refractivity contribution in [1.82, 2.24) is 14.7 Å². The molecule has 9 nitrogen and oxygen atoms in total. The third kappa shape index (κ3) is 5.02. The summed E-state index contributed by atoms with van der Waals surface area (Å²) in [6, 6.07) is 8.25. The van der Waals surface area contributed by atoms with Gasteiger partial charge < -0.3 is 24.4 Å². The average Bonchev–Trinajstić information content (AvgIpc) is 3.31. The molecule has 2 amide bonds. The van der Waals surface area contributed by atoms with Crippen molar-refractivity contribution in [1.29, 1.82) is 0 Å². The second-order valence-electron chi connectivity index (χ2n) is 11.8. The minimum atomic E-state index is -0.959. The van der Waals surface area contributed by atoms with Crippen molar-refractivity contribution in [3.63, 3.8) is 0 Å². The highest BCUT2D eigenvalue weighted by Crippen LogP contribution is 2.65. The lowest BCUT2D eigenvalue weighted by molar-refractivity contribution is -0.154. The number of benzene rings is 1. The number of cyclic esters (lactones) is 1. The van der Waals surface area contributed by atoms with Gasteiger partial charge in [-0.05, 0) is 25.3 Å². The van der Waals surface area contributed by atoms with Crippen LogP contribution in [0.2, 0.25) is 0 Å². The fourth-order valence-corrected chi connectivity index (χ4v) is 9.43. The molecule has 5 aliphatic heterocycles. The lowest BCUT2D eigenvalue weighted by Gasteiger charge is -2.40. The van der Waals surface area contributed by atoms with Gasteiger partial charge in [0.05, 0.1) is 49.1 Å². The van der Waals surface area contributed by atoms with E-state index in [0.717, 1.165) is 25.2 Å². The van der Waals surface area contributed by atoms with E-state index < -0.39 is 39.4 Å². The number of hydrogen-bond acceptors (Lipinski definition) is 8. The predicted molar refractivity (Wildman–Crippen MR) is 155 cm³/mol. The Morgan fingerprint density at radius 3 is 2.54 bits per heavy atom. The van der Waals surface area contributed by atoms with E-state index in [4.69, 9.17) is 9.47 Å². The zero-order chi connectivity index (χ0) is 28.6. The first-order valence-corrected chi connectivity index (χ1v) is 15.5. The molecule has 1 unspecified atom stereocenters. The number of rotatable bonds is 7. The Morgan fingerprint density at radius 1 is 1.00 bits per heavy atom. The number of amides is 2. The van der Waals surface area contributed by atoms with Crippen molar-refractivity contribution in [2.24, 2.45) is 11.8 Å². The minimum absolute atomic E-state index is 0.131. The molecule has 6 rings (SSSR count). The Kier molecular flexibility index (Phi) is 8.02. The van der Waals surface area contributed by atoms with Crippen molar-refractivity contribution in [2.75, 3.05) is 59.2 Å². The molecule has 41 heavy (non-hydrogen) atoms. The van der Waals surface area contributed by atoms with Crippen LogP contribution >= 0.6 is 11.8 Å². The topological polar surface area (TPSA) is 99.6 Å². The standard InChI is InChI=1S/C31H39N3O6S/c1-30-10-5-6-17-40-29(38)25(30)24-27(36)34(23(21-35)20-22-8-3-2-4-9-22)26-28(37)33(12-7-11-31(24,26)41-30)14-13-32-15-18-39-19-16-32/h2-5,7-11,23-26,35H,6,12-21H2,1H3/t23-,24+,25+,26?,30-,31+/m1/s1. The van der Waals surface area contributed by atoms with Gasteiger partial charge in [0.15, 0.2) is 0 Å². The Bertz CT molecular complexity index is 1220. The van der Waals surface area contributed by atoms with E-state index in [1.807, 2.05) is 66.5 Å². The monoisotopic (exact) mass is 581 g/mol. The number of hydrogen-bond donors (Lipinski definition) is 1. The molecule has 0 bridgehead atoms. The number of carbonyl (C=O) groups excluding carboxylic acids is 3. The largest absolute Gasteiger partial charge is 0.465 e. The molecule has 3 saturated heterocycles. The lowest BCUT2D eigenvalue weighted by atomic mass is 9.74. The Balaban J connectivity index is 1.39. The van der Waals surface area contributed by atoms with Crippen LogP contribution in [0.3, 0.4) is 0 Å². The maximum absolute atomic E-state index is 14.6. The van der Waals surface area contributed by atoms with Crippen LogP contribution < -0.4 is 0 Å². The summed E-state index contributed by atoms with van der Waals surface area (Å²) in [5.41, 5.74) is 0.969. The molecule has 1 aromatic rings. The van der Waals surface area contributed by atoms with E-state index in [1.54, 1.807) is 4.90 Å². The molecule has 0 aromatic heterocycles. The Morgan fingerprint density at radius 2 is 1.78 bits per heavy atom. The maximum Gasteiger partial charge on any atom is 0.311 e. The van der Waals surface area contributed by atoms with E-state index in [2.05, 4.69) is 4.90 Å². The van der Waals surface area contributed by atoms with Crippen molar-refractivity contribution < 1.29 is 29.0 Å². The Labute approximate surface area is 245 Å². The SMILES string of the molecule is C[C@@]12C=CCCOC(=O)[C@@H]1[C@H]1C(=O)N([C@@H](CO)Cc3ccccc3)C3C(=O)N(CCN4CCOCC4)CC=C[C@@]31S2. The van der Waals surface area contributed by atoms with Crippen molar-refractivity contribution in [3.8, 4) is 0 Å². The number of esters is 1. The highest BCUT2D eigenvalue weighted by Gasteiger charge is 2.74. The van der Waals surface area contributed by atoms with Crippen molar-refractivity contribution in [2.45, 2.75) is 41.3 Å². The Hall–Kier alpha value is -2.66. The molecule has 3 fully saturated rings. The number of carbonyl (C=O) groups is 3. The fraction of sp³-hybridized carbons (Fsp3) is 0.581. The molecule has 6 atom stereocenters. The summed E-state index contributed by atoms with van der Waals surface area (Å²) in [7, 11) is 0. The summed E-state index contributed by atoms with van der Waals surface area (Å²) >= 11 is 1.54. The molecule has 5 aliphatic rings. The summed E-state index contributed by atoms with van der Waals surface area (Å²) in [5.74, 6) is -2.30. The van der Waals surface area contributed by atoms with Gasteiger partial charge in [0.25, 0.3) is 0 Å². The van der Waals surface area contributed by atoms with Crippen LogP contribution in [0.5, 0.6) is 0 Å². The van der Waals surface area contributed by atoms with Crippen LogP contribution in [0.4, 0.5) is 0 Å². The van der Waals surface area contributed by atoms with Crippen LogP contribution in [0.1, 0.15) is 18.9 Å². The normalized spacial score (nSPS) is 34.4. The molecule has 1 spiro atoms. The second-order valence-corrected chi connectivity index (χ2v) is 13.6. The maximum atomic E-state index is 14.6. The van der Waals surface area contributed by atoms with Gasteiger partial charge in [-0.1, -0.05) is 54.6 Å². The van der Waals surface area contributed by atoms with Gasteiger partial charge in [0.1, 0.15) is 6.04 Å². The van der Waals surface area contributed by atoms with Crippen LogP contribution in [0, 0.1) is 11.8 Å². The molecular weight excluding hydrogens is 542 g/mol. The molecule has 1 N–H and O–H groups in total. The molecule has 1 aromatic carbocycles. The summed E-state index contributed by atoms with van der Waals surface area (Å²) in [6.07, 6.45) is 9.09. The summed E-state index contributed by atoms with van der Waals surface area (Å²) in [5, 5.41) is 10.7. The van der Waals surface area contributed by atoms with Gasteiger partial charge in [0, 0.05) is 37.5 Å². The number of fused-ring (bicyclic) bond motifs is 2. The lowest BCUT2D eigenvalue weighted by Crippen LogP contribution is -2.58. The van der Waals surface area contributed by atoms with Crippen LogP contribution in [0.25, 0.3) is 0 Å². The van der Waals surface area contributed by atoms with Crippen molar-refractivity contribution in [3.05, 3.63) is 60.2 Å². The highest BCUT2D eigenvalue weighted by molar-refractivity contribution is 8.02. The number of ether oxygens (including phenoxy) is 2. The van der Waals surface area contributed by atoms with E-state index in [9.17, 15) is 19.5 Å². The molecule has 220 valence electrons. The van der Waals surface area contributed by atoms with Gasteiger partial charge >= 0.3 is 5.97 Å². The number of likely N-dealkylation sites (tertiary alicyclic amines) is 1.